The molecule has 2 heterocycles. The first-order valence-corrected chi connectivity index (χ1v) is 8.81. The third kappa shape index (κ3) is 3.71. The number of aliphatic hydroxyl groups is 1. The smallest absolute Gasteiger partial charge is 0.240 e. The summed E-state index contributed by atoms with van der Waals surface area (Å²) in [5.41, 5.74) is 1.12. The molecule has 1 aromatic rings. The van der Waals surface area contributed by atoms with Crippen LogP contribution in [0.15, 0.2) is 4.42 Å². The highest BCUT2D eigenvalue weighted by Gasteiger charge is 2.38. The number of aryl methyl sites for hydroxylation is 1. The molecule has 0 spiro atoms. The van der Waals surface area contributed by atoms with Gasteiger partial charge in [-0.2, -0.15) is 5.26 Å². The SMILES string of the molecule is Cc1oc(NC(=O)CN2CCOC[C@@H]2[C@@H]2CCC[C@H]2O)c(C#N)c1C. The van der Waals surface area contributed by atoms with E-state index in [1.807, 2.05) is 0 Å². The van der Waals surface area contributed by atoms with Gasteiger partial charge in [0.2, 0.25) is 11.8 Å². The summed E-state index contributed by atoms with van der Waals surface area (Å²) < 4.78 is 11.1. The number of aliphatic hydroxyl groups excluding tert-OH is 1. The number of carbonyl (C=O) groups excluding carboxylic acids is 1. The van der Waals surface area contributed by atoms with Gasteiger partial charge in [0.1, 0.15) is 17.4 Å². The number of morpholine rings is 1. The van der Waals surface area contributed by atoms with Crippen LogP contribution in [0.5, 0.6) is 0 Å². The van der Waals surface area contributed by atoms with Gasteiger partial charge in [0.15, 0.2) is 0 Å². The van der Waals surface area contributed by atoms with Crippen LogP contribution in [-0.2, 0) is 9.53 Å². The molecular weight excluding hydrogens is 322 g/mol. The van der Waals surface area contributed by atoms with Crippen LogP contribution >= 0.6 is 0 Å². The standard InChI is InChI=1S/C18H25N3O4/c1-11-12(2)25-18(14(11)8-19)20-17(23)9-21-6-7-24-10-15(21)13-4-3-5-16(13)22/h13,15-16,22H,3-7,9-10H2,1-2H3,(H,20,23)/t13-,15+,16+/m0/s1. The number of anilines is 1. The molecule has 2 N–H and O–H groups in total. The van der Waals surface area contributed by atoms with Crippen LogP contribution in [-0.4, -0.2) is 54.4 Å². The third-order valence-corrected chi connectivity index (χ3v) is 5.40. The van der Waals surface area contributed by atoms with E-state index in [4.69, 9.17) is 9.15 Å². The van der Waals surface area contributed by atoms with Gasteiger partial charge in [0.05, 0.1) is 25.9 Å². The normalized spacial score (nSPS) is 27.2. The monoisotopic (exact) mass is 347 g/mol. The molecule has 25 heavy (non-hydrogen) atoms. The maximum absolute atomic E-state index is 12.5. The second-order valence-corrected chi connectivity index (χ2v) is 6.92. The first-order chi connectivity index (χ1) is 12.0. The van der Waals surface area contributed by atoms with Gasteiger partial charge >= 0.3 is 0 Å². The average Bonchev–Trinajstić information content (AvgIpc) is 3.11. The van der Waals surface area contributed by atoms with Crippen molar-refractivity contribution in [1.29, 1.82) is 5.26 Å². The molecule has 0 aromatic carbocycles. The molecule has 7 heteroatoms. The second kappa shape index (κ2) is 7.56. The molecule has 1 aliphatic carbocycles. The predicted octanol–water partition coefficient (Wildman–Crippen LogP) is 1.57. The van der Waals surface area contributed by atoms with Crippen molar-refractivity contribution in [3.05, 3.63) is 16.9 Å². The first-order valence-electron chi connectivity index (χ1n) is 8.81. The van der Waals surface area contributed by atoms with Crippen LogP contribution in [0.3, 0.4) is 0 Å². The lowest BCUT2D eigenvalue weighted by atomic mass is 9.94. The fraction of sp³-hybridized carbons (Fsp3) is 0.667. The summed E-state index contributed by atoms with van der Waals surface area (Å²) in [5.74, 6) is 0.777. The first kappa shape index (κ1) is 17.9. The van der Waals surface area contributed by atoms with E-state index in [1.54, 1.807) is 13.8 Å². The molecule has 2 aliphatic rings. The van der Waals surface area contributed by atoms with Gasteiger partial charge in [-0.15, -0.1) is 0 Å². The Morgan fingerprint density at radius 3 is 2.92 bits per heavy atom. The molecule has 1 aliphatic heterocycles. The van der Waals surface area contributed by atoms with Crippen molar-refractivity contribution in [2.45, 2.75) is 45.3 Å². The molecule has 0 bridgehead atoms. The number of hydrogen-bond acceptors (Lipinski definition) is 6. The Kier molecular flexibility index (Phi) is 5.42. The summed E-state index contributed by atoms with van der Waals surface area (Å²) in [7, 11) is 0. The lowest BCUT2D eigenvalue weighted by Gasteiger charge is -2.39. The Bertz CT molecular complexity index is 679. The molecule has 1 saturated heterocycles. The Balaban J connectivity index is 1.67. The Labute approximate surface area is 147 Å². The summed E-state index contributed by atoms with van der Waals surface area (Å²) in [5, 5.41) is 22.2. The number of hydrogen-bond donors (Lipinski definition) is 2. The summed E-state index contributed by atoms with van der Waals surface area (Å²) in [6.07, 6.45) is 2.47. The van der Waals surface area contributed by atoms with Crippen molar-refractivity contribution in [3.63, 3.8) is 0 Å². The van der Waals surface area contributed by atoms with Crippen LogP contribution < -0.4 is 5.32 Å². The van der Waals surface area contributed by atoms with E-state index < -0.39 is 0 Å². The zero-order valence-corrected chi connectivity index (χ0v) is 14.7. The van der Waals surface area contributed by atoms with Gasteiger partial charge in [0, 0.05) is 24.1 Å². The van der Waals surface area contributed by atoms with E-state index in [2.05, 4.69) is 16.3 Å². The highest BCUT2D eigenvalue weighted by Crippen LogP contribution is 2.32. The van der Waals surface area contributed by atoms with Crippen molar-refractivity contribution < 1.29 is 19.1 Å². The molecule has 2 fully saturated rings. The third-order valence-electron chi connectivity index (χ3n) is 5.40. The molecule has 1 aromatic heterocycles. The van der Waals surface area contributed by atoms with Gasteiger partial charge in [-0.3, -0.25) is 15.0 Å². The quantitative estimate of drug-likeness (QED) is 0.858. The van der Waals surface area contributed by atoms with E-state index in [9.17, 15) is 15.2 Å². The largest absolute Gasteiger partial charge is 0.444 e. The Hall–Kier alpha value is -1.88. The number of nitriles is 1. The number of carbonyl (C=O) groups is 1. The number of nitrogens with one attached hydrogen (secondary N) is 1. The molecule has 136 valence electrons. The fourth-order valence-electron chi connectivity index (χ4n) is 3.87. The van der Waals surface area contributed by atoms with Crippen molar-refractivity contribution >= 4 is 11.8 Å². The number of nitrogens with zero attached hydrogens (tertiary/aromatic N) is 2. The second-order valence-electron chi connectivity index (χ2n) is 6.92. The van der Waals surface area contributed by atoms with Gasteiger partial charge < -0.3 is 14.3 Å². The molecule has 3 atom stereocenters. The highest BCUT2D eigenvalue weighted by molar-refractivity contribution is 5.92. The van der Waals surface area contributed by atoms with Gasteiger partial charge in [-0.1, -0.05) is 6.42 Å². The Morgan fingerprint density at radius 1 is 1.44 bits per heavy atom. The Morgan fingerprint density at radius 2 is 2.24 bits per heavy atom. The minimum absolute atomic E-state index is 0.0486. The van der Waals surface area contributed by atoms with Crippen molar-refractivity contribution in [1.82, 2.24) is 4.90 Å². The minimum Gasteiger partial charge on any atom is -0.444 e. The van der Waals surface area contributed by atoms with Gasteiger partial charge in [0.25, 0.3) is 0 Å². The van der Waals surface area contributed by atoms with E-state index in [1.165, 1.54) is 0 Å². The molecule has 7 nitrogen and oxygen atoms in total. The van der Waals surface area contributed by atoms with E-state index in [0.29, 0.717) is 31.1 Å². The lowest BCUT2D eigenvalue weighted by Crippen LogP contribution is -2.53. The summed E-state index contributed by atoms with van der Waals surface area (Å²) >= 11 is 0. The zero-order chi connectivity index (χ0) is 18.0. The highest BCUT2D eigenvalue weighted by atomic mass is 16.5. The topological polar surface area (TPSA) is 98.7 Å². The van der Waals surface area contributed by atoms with E-state index in [-0.39, 0.29) is 36.4 Å². The van der Waals surface area contributed by atoms with E-state index in [0.717, 1.165) is 24.8 Å². The average molecular weight is 347 g/mol. The molecule has 3 rings (SSSR count). The summed E-state index contributed by atoms with van der Waals surface area (Å²) in [6.45, 7) is 5.54. The molecule has 0 unspecified atom stereocenters. The number of rotatable bonds is 4. The maximum atomic E-state index is 12.5. The fourth-order valence-corrected chi connectivity index (χ4v) is 3.87. The molecule has 0 radical (unpaired) electrons. The molecular formula is C18H25N3O4. The van der Waals surface area contributed by atoms with Crippen LogP contribution in [0.25, 0.3) is 0 Å². The van der Waals surface area contributed by atoms with Crippen molar-refractivity contribution in [2.24, 2.45) is 5.92 Å². The van der Waals surface area contributed by atoms with E-state index >= 15 is 0 Å². The van der Waals surface area contributed by atoms with Gasteiger partial charge in [-0.25, -0.2) is 0 Å². The van der Waals surface area contributed by atoms with Crippen LogP contribution in [0.1, 0.15) is 36.1 Å². The summed E-state index contributed by atoms with van der Waals surface area (Å²) in [6, 6.07) is 2.13. The molecule has 1 saturated carbocycles. The van der Waals surface area contributed by atoms with Crippen molar-refractivity contribution in [3.8, 4) is 6.07 Å². The zero-order valence-electron chi connectivity index (χ0n) is 14.7. The van der Waals surface area contributed by atoms with Crippen LogP contribution in [0.4, 0.5) is 5.88 Å². The van der Waals surface area contributed by atoms with Crippen LogP contribution in [0.2, 0.25) is 0 Å². The number of amides is 1. The summed E-state index contributed by atoms with van der Waals surface area (Å²) in [4.78, 5) is 14.6. The molecule has 1 amide bonds. The van der Waals surface area contributed by atoms with Gasteiger partial charge in [-0.05, 0) is 26.7 Å². The minimum atomic E-state index is -0.321. The van der Waals surface area contributed by atoms with Crippen molar-refractivity contribution in [2.75, 3.05) is 31.6 Å². The lowest BCUT2D eigenvalue weighted by molar-refractivity contribution is -0.121. The van der Waals surface area contributed by atoms with Crippen LogP contribution in [0, 0.1) is 31.1 Å². The number of furan rings is 1. The maximum Gasteiger partial charge on any atom is 0.240 e. The number of ether oxygens (including phenoxy) is 1. The predicted molar refractivity (Wildman–Crippen MR) is 91.1 cm³/mol.